The van der Waals surface area contributed by atoms with Crippen molar-refractivity contribution in [3.05, 3.63) is 0 Å². The summed E-state index contributed by atoms with van der Waals surface area (Å²) in [5, 5.41) is 12.0. The monoisotopic (exact) mass is 679 g/mol. The van der Waals surface area contributed by atoms with Crippen molar-refractivity contribution in [1.82, 2.24) is 0 Å². The molecule has 2 bridgehead atoms. The molecule has 1 N–H and O–H groups in total. The van der Waals surface area contributed by atoms with Crippen molar-refractivity contribution < 1.29 is 38.4 Å². The number of fused-ring (bicyclic) bond motifs is 5. The van der Waals surface area contributed by atoms with Gasteiger partial charge in [0.25, 0.3) is 0 Å². The third-order valence-electron chi connectivity index (χ3n) is 11.8. The molecule has 3 rings (SSSR count). The first kappa shape index (κ1) is 40.8. The van der Waals surface area contributed by atoms with Crippen LogP contribution in [0.5, 0.6) is 0 Å². The third kappa shape index (κ3) is 11.2. The highest BCUT2D eigenvalue weighted by atomic mass is 16.6. The van der Waals surface area contributed by atoms with E-state index in [1.165, 1.54) is 78.1 Å². The summed E-state index contributed by atoms with van der Waals surface area (Å²) in [4.78, 5) is 38.1. The Balaban J connectivity index is 1.64. The normalized spacial score (nSPS) is 34.9. The van der Waals surface area contributed by atoms with Gasteiger partial charge in [0.05, 0.1) is 6.10 Å². The van der Waals surface area contributed by atoms with E-state index in [2.05, 4.69) is 20.8 Å². The number of carbonyl (C=O) groups excluding carboxylic acids is 3. The number of rotatable bonds is 18. The molecule has 0 aromatic carbocycles. The summed E-state index contributed by atoms with van der Waals surface area (Å²) in [6.45, 7) is 15.1. The largest absolute Gasteiger partial charge is 0.459 e. The molecule has 3 aliphatic rings. The first-order valence-corrected chi connectivity index (χ1v) is 19.6. The van der Waals surface area contributed by atoms with Crippen LogP contribution in [0.3, 0.4) is 0 Å². The number of unbranched alkanes of at least 4 members (excludes halogenated alkanes) is 12. The minimum absolute atomic E-state index is 0.0390. The van der Waals surface area contributed by atoms with E-state index in [-0.39, 0.29) is 36.1 Å². The molecule has 0 radical (unpaired) electrons. The third-order valence-corrected chi connectivity index (χ3v) is 11.8. The van der Waals surface area contributed by atoms with E-state index in [9.17, 15) is 19.5 Å². The smallest absolute Gasteiger partial charge is 0.306 e. The molecule has 2 heterocycles. The van der Waals surface area contributed by atoms with Gasteiger partial charge in [0.1, 0.15) is 29.0 Å². The van der Waals surface area contributed by atoms with E-state index >= 15 is 0 Å². The first-order chi connectivity index (χ1) is 22.6. The van der Waals surface area contributed by atoms with Gasteiger partial charge in [-0.2, -0.15) is 0 Å². The zero-order valence-electron chi connectivity index (χ0n) is 31.8. The molecule has 9 atom stereocenters. The number of carbonyl (C=O) groups is 3. The van der Waals surface area contributed by atoms with Crippen molar-refractivity contribution in [1.29, 1.82) is 0 Å². The minimum Gasteiger partial charge on any atom is -0.459 e. The molecular weight excluding hydrogens is 608 g/mol. The summed E-state index contributed by atoms with van der Waals surface area (Å²) in [6, 6.07) is 0. The Bertz CT molecular complexity index is 1020. The van der Waals surface area contributed by atoms with E-state index in [1.54, 1.807) is 6.92 Å². The highest BCUT2D eigenvalue weighted by Crippen LogP contribution is 2.58. The van der Waals surface area contributed by atoms with Gasteiger partial charge in [0.15, 0.2) is 0 Å². The maximum Gasteiger partial charge on any atom is 0.306 e. The number of ether oxygens (including phenoxy) is 4. The Morgan fingerprint density at radius 1 is 0.771 bits per heavy atom. The van der Waals surface area contributed by atoms with Gasteiger partial charge in [0.2, 0.25) is 0 Å². The zero-order chi connectivity index (χ0) is 35.5. The van der Waals surface area contributed by atoms with E-state index in [4.69, 9.17) is 18.9 Å². The standard InChI is InChI=1S/C40H70O8/c1-9-10-11-12-13-14-15-16-17-18-19-20-21-22-34(43)46-33-24-26-40(8,48-30(5)42)37-35-31(28(2)3)23-25-39(7,47-29(4)41)36(35)32(45-37)27-38(33,6)44/h28,31-33,35-37,44H,9-27H2,1-8H3/t31-,32+,33+,35-,36-,37+,38+,39-,40-/m0/s1. The number of aliphatic hydroxyl groups is 1. The second-order valence-corrected chi connectivity index (χ2v) is 16.5. The molecule has 3 fully saturated rings. The molecule has 8 heteroatoms. The maximum atomic E-state index is 13.1. The van der Waals surface area contributed by atoms with Gasteiger partial charge in [-0.25, -0.2) is 0 Å². The number of hydrogen-bond donors (Lipinski definition) is 1. The van der Waals surface area contributed by atoms with Crippen molar-refractivity contribution in [3.63, 3.8) is 0 Å². The Kier molecular flexibility index (Phi) is 15.7. The molecule has 2 saturated heterocycles. The predicted molar refractivity (Wildman–Crippen MR) is 188 cm³/mol. The summed E-state index contributed by atoms with van der Waals surface area (Å²) in [5.74, 6) is -0.694. The highest BCUT2D eigenvalue weighted by molar-refractivity contribution is 5.69. The summed E-state index contributed by atoms with van der Waals surface area (Å²) in [7, 11) is 0. The van der Waals surface area contributed by atoms with Crippen molar-refractivity contribution >= 4 is 17.9 Å². The number of esters is 3. The van der Waals surface area contributed by atoms with Gasteiger partial charge in [-0.1, -0.05) is 97.8 Å². The van der Waals surface area contributed by atoms with Crippen LogP contribution < -0.4 is 0 Å². The van der Waals surface area contributed by atoms with Crippen molar-refractivity contribution in [2.24, 2.45) is 23.7 Å². The van der Waals surface area contributed by atoms with Crippen molar-refractivity contribution in [2.45, 2.75) is 213 Å². The summed E-state index contributed by atoms with van der Waals surface area (Å²) in [6.07, 6.45) is 17.2. The van der Waals surface area contributed by atoms with Crippen molar-refractivity contribution in [2.75, 3.05) is 0 Å². The molecule has 48 heavy (non-hydrogen) atoms. The van der Waals surface area contributed by atoms with Crippen LogP contribution in [0.1, 0.15) is 177 Å². The Morgan fingerprint density at radius 2 is 1.27 bits per heavy atom. The maximum absolute atomic E-state index is 13.1. The Labute approximate surface area is 292 Å². The molecule has 278 valence electrons. The first-order valence-electron chi connectivity index (χ1n) is 19.6. The fraction of sp³-hybridized carbons (Fsp3) is 0.925. The molecule has 0 amide bonds. The van der Waals surface area contributed by atoms with E-state index < -0.39 is 41.1 Å². The molecule has 0 unspecified atom stereocenters. The van der Waals surface area contributed by atoms with Crippen LogP contribution in [-0.2, 0) is 33.3 Å². The van der Waals surface area contributed by atoms with Gasteiger partial charge in [-0.05, 0) is 64.7 Å². The van der Waals surface area contributed by atoms with Gasteiger partial charge in [-0.3, -0.25) is 14.4 Å². The SMILES string of the molecule is CCCCCCCCCCCCCCCC(=O)O[C@@H]1CC[C@](C)(OC(C)=O)[C@@H]2O[C@H](C[C@@]1(C)O)[C@H]1[C@@H]2[C@H](C(C)C)CC[C@]1(C)OC(C)=O. The van der Waals surface area contributed by atoms with Gasteiger partial charge < -0.3 is 24.1 Å². The quantitative estimate of drug-likeness (QED) is 0.0869. The molecule has 1 saturated carbocycles. The second kappa shape index (κ2) is 18.5. The lowest BCUT2D eigenvalue weighted by atomic mass is 9.57. The summed E-state index contributed by atoms with van der Waals surface area (Å²) < 4.78 is 25.1. The molecule has 0 aromatic heterocycles. The van der Waals surface area contributed by atoms with Gasteiger partial charge in [0, 0.05) is 38.5 Å². The average Bonchev–Trinajstić information content (AvgIpc) is 3.37. The molecule has 0 aromatic rings. The Morgan fingerprint density at radius 3 is 1.79 bits per heavy atom. The zero-order valence-corrected chi connectivity index (χ0v) is 31.8. The van der Waals surface area contributed by atoms with Crippen LogP contribution in [0, 0.1) is 23.7 Å². The van der Waals surface area contributed by atoms with Crippen LogP contribution in [0.4, 0.5) is 0 Å². The number of hydrogen-bond acceptors (Lipinski definition) is 8. The molecule has 2 aliphatic heterocycles. The van der Waals surface area contributed by atoms with E-state index in [0.29, 0.717) is 31.6 Å². The Hall–Kier alpha value is -1.67. The highest BCUT2D eigenvalue weighted by Gasteiger charge is 2.65. The van der Waals surface area contributed by atoms with Gasteiger partial charge in [-0.15, -0.1) is 0 Å². The van der Waals surface area contributed by atoms with Crippen LogP contribution >= 0.6 is 0 Å². The van der Waals surface area contributed by atoms with E-state index in [0.717, 1.165) is 25.7 Å². The molecular formula is C40H70O8. The van der Waals surface area contributed by atoms with Crippen molar-refractivity contribution in [3.8, 4) is 0 Å². The van der Waals surface area contributed by atoms with Crippen LogP contribution in [-0.4, -0.2) is 58.1 Å². The predicted octanol–water partition coefficient (Wildman–Crippen LogP) is 9.02. The lowest BCUT2D eigenvalue weighted by Gasteiger charge is -2.51. The van der Waals surface area contributed by atoms with Gasteiger partial charge >= 0.3 is 17.9 Å². The minimum atomic E-state index is -1.39. The molecule has 1 aliphatic carbocycles. The second-order valence-electron chi connectivity index (χ2n) is 16.5. The van der Waals surface area contributed by atoms with E-state index in [1.807, 2.05) is 13.8 Å². The lowest BCUT2D eigenvalue weighted by molar-refractivity contribution is -0.185. The van der Waals surface area contributed by atoms with Crippen LogP contribution in [0.2, 0.25) is 0 Å². The summed E-state index contributed by atoms with van der Waals surface area (Å²) >= 11 is 0. The fourth-order valence-electron chi connectivity index (χ4n) is 9.39. The van der Waals surface area contributed by atoms with Crippen LogP contribution in [0.15, 0.2) is 0 Å². The topological polar surface area (TPSA) is 108 Å². The van der Waals surface area contributed by atoms with Crippen LogP contribution in [0.25, 0.3) is 0 Å². The summed E-state index contributed by atoms with van der Waals surface area (Å²) in [5.41, 5.74) is -3.20. The lowest BCUT2D eigenvalue weighted by Crippen LogP contribution is -2.58. The fourth-order valence-corrected chi connectivity index (χ4v) is 9.39. The molecule has 0 spiro atoms. The molecule has 8 nitrogen and oxygen atoms in total. The average molecular weight is 679 g/mol.